The number of hydrogen-bond acceptors (Lipinski definition) is 3. The van der Waals surface area contributed by atoms with Crippen molar-refractivity contribution in [2.24, 2.45) is 5.73 Å². The van der Waals surface area contributed by atoms with E-state index in [9.17, 15) is 4.79 Å². The second-order valence-corrected chi connectivity index (χ2v) is 2.69. The van der Waals surface area contributed by atoms with Gasteiger partial charge in [-0.15, -0.1) is 0 Å². The molecule has 0 radical (unpaired) electrons. The van der Waals surface area contributed by atoms with Crippen LogP contribution < -0.4 is 5.73 Å². The minimum Gasteiger partial charge on any atom is -0.373 e. The van der Waals surface area contributed by atoms with Crippen LogP contribution in [0.2, 0.25) is 0 Å². The molecular formula is C7H14N2O2. The van der Waals surface area contributed by atoms with E-state index in [1.807, 2.05) is 0 Å². The molecule has 11 heavy (non-hydrogen) atoms. The van der Waals surface area contributed by atoms with Gasteiger partial charge in [0.1, 0.15) is 0 Å². The van der Waals surface area contributed by atoms with Gasteiger partial charge in [-0.2, -0.15) is 0 Å². The fourth-order valence-corrected chi connectivity index (χ4v) is 1.15. The Morgan fingerprint density at radius 2 is 2.55 bits per heavy atom. The van der Waals surface area contributed by atoms with Crippen LogP contribution in [0, 0.1) is 0 Å². The van der Waals surface area contributed by atoms with Crippen LogP contribution >= 0.6 is 0 Å². The summed E-state index contributed by atoms with van der Waals surface area (Å²) in [5.41, 5.74) is 5.40. The summed E-state index contributed by atoms with van der Waals surface area (Å²) in [6, 6.07) is 0. The summed E-state index contributed by atoms with van der Waals surface area (Å²) < 4.78 is 5.29. The zero-order valence-corrected chi connectivity index (χ0v) is 6.75. The minimum atomic E-state index is 0.0349. The van der Waals surface area contributed by atoms with E-state index in [0.717, 1.165) is 0 Å². The summed E-state index contributed by atoms with van der Waals surface area (Å²) in [5.74, 6) is 0.103. The largest absolute Gasteiger partial charge is 0.373 e. The minimum absolute atomic E-state index is 0.0349. The lowest BCUT2D eigenvalue weighted by atomic mass is 10.3. The van der Waals surface area contributed by atoms with Crippen LogP contribution in [0.3, 0.4) is 0 Å². The number of nitrogens with two attached hydrogens (primary N) is 1. The maximum atomic E-state index is 10.9. The number of carbonyl (C=O) groups excluding carboxylic acids is 1. The Balaban J connectivity index is 2.39. The molecule has 4 heteroatoms. The SMILES string of the molecule is CC(=O)N1CCO[C@@H](CN)C1. The van der Waals surface area contributed by atoms with E-state index in [1.54, 1.807) is 11.8 Å². The van der Waals surface area contributed by atoms with Crippen molar-refractivity contribution in [1.82, 2.24) is 4.90 Å². The predicted octanol–water partition coefficient (Wildman–Crippen LogP) is -0.808. The van der Waals surface area contributed by atoms with Crippen molar-refractivity contribution in [3.8, 4) is 0 Å². The summed E-state index contributed by atoms with van der Waals surface area (Å²) in [4.78, 5) is 12.7. The fraction of sp³-hybridized carbons (Fsp3) is 0.857. The normalized spacial score (nSPS) is 25.3. The number of amides is 1. The molecule has 4 nitrogen and oxygen atoms in total. The van der Waals surface area contributed by atoms with Gasteiger partial charge < -0.3 is 15.4 Å². The lowest BCUT2D eigenvalue weighted by Crippen LogP contribution is -2.47. The Labute approximate surface area is 66.3 Å². The van der Waals surface area contributed by atoms with E-state index < -0.39 is 0 Å². The number of carbonyl (C=O) groups is 1. The highest BCUT2D eigenvalue weighted by Crippen LogP contribution is 2.03. The predicted molar refractivity (Wildman–Crippen MR) is 41.0 cm³/mol. The Hall–Kier alpha value is -0.610. The van der Waals surface area contributed by atoms with E-state index in [1.165, 1.54) is 0 Å². The standard InChI is InChI=1S/C7H14N2O2/c1-6(10)9-2-3-11-7(4-8)5-9/h7H,2-5,8H2,1H3/t7-/m0/s1. The van der Waals surface area contributed by atoms with Crippen LogP contribution in [-0.2, 0) is 9.53 Å². The average Bonchev–Trinajstić information content (AvgIpc) is 2.05. The molecule has 0 saturated carbocycles. The summed E-state index contributed by atoms with van der Waals surface area (Å²) >= 11 is 0. The van der Waals surface area contributed by atoms with Crippen LogP contribution in [0.5, 0.6) is 0 Å². The van der Waals surface area contributed by atoms with Crippen molar-refractivity contribution in [2.75, 3.05) is 26.2 Å². The van der Waals surface area contributed by atoms with Crippen molar-refractivity contribution in [3.05, 3.63) is 0 Å². The average molecular weight is 158 g/mol. The van der Waals surface area contributed by atoms with Gasteiger partial charge in [0.15, 0.2) is 0 Å². The molecule has 0 bridgehead atoms. The van der Waals surface area contributed by atoms with Gasteiger partial charge in [-0.1, -0.05) is 0 Å². The highest BCUT2D eigenvalue weighted by molar-refractivity contribution is 5.73. The van der Waals surface area contributed by atoms with E-state index in [4.69, 9.17) is 10.5 Å². The maximum absolute atomic E-state index is 10.9. The van der Waals surface area contributed by atoms with E-state index >= 15 is 0 Å². The Kier molecular flexibility index (Phi) is 2.84. The number of ether oxygens (including phenoxy) is 1. The summed E-state index contributed by atoms with van der Waals surface area (Å²) in [7, 11) is 0. The molecule has 2 N–H and O–H groups in total. The molecule has 1 aliphatic rings. The maximum Gasteiger partial charge on any atom is 0.219 e. The Bertz CT molecular complexity index is 149. The smallest absolute Gasteiger partial charge is 0.219 e. The molecule has 0 aliphatic carbocycles. The van der Waals surface area contributed by atoms with Gasteiger partial charge in [0.05, 0.1) is 12.7 Å². The fourth-order valence-electron chi connectivity index (χ4n) is 1.15. The third kappa shape index (κ3) is 2.17. The molecule has 0 unspecified atom stereocenters. The van der Waals surface area contributed by atoms with Crippen molar-refractivity contribution < 1.29 is 9.53 Å². The summed E-state index contributed by atoms with van der Waals surface area (Å²) in [6.07, 6.45) is 0.0349. The van der Waals surface area contributed by atoms with Crippen molar-refractivity contribution in [3.63, 3.8) is 0 Å². The molecule has 1 amide bonds. The Morgan fingerprint density at radius 3 is 3.09 bits per heavy atom. The third-order valence-electron chi connectivity index (χ3n) is 1.85. The molecule has 1 atom stereocenters. The van der Waals surface area contributed by atoms with Gasteiger partial charge in [0.25, 0.3) is 0 Å². The highest BCUT2D eigenvalue weighted by Gasteiger charge is 2.20. The second kappa shape index (κ2) is 3.69. The van der Waals surface area contributed by atoms with Crippen LogP contribution in [0.15, 0.2) is 0 Å². The number of morpholine rings is 1. The van der Waals surface area contributed by atoms with Crippen LogP contribution in [0.1, 0.15) is 6.92 Å². The zero-order valence-electron chi connectivity index (χ0n) is 6.75. The third-order valence-corrected chi connectivity index (χ3v) is 1.85. The van der Waals surface area contributed by atoms with Gasteiger partial charge in [-0.3, -0.25) is 4.79 Å². The molecule has 1 saturated heterocycles. The van der Waals surface area contributed by atoms with Gasteiger partial charge in [-0.05, 0) is 0 Å². The van der Waals surface area contributed by atoms with Gasteiger partial charge in [0.2, 0.25) is 5.91 Å². The van der Waals surface area contributed by atoms with E-state index in [0.29, 0.717) is 26.2 Å². The van der Waals surface area contributed by atoms with Crippen molar-refractivity contribution in [1.29, 1.82) is 0 Å². The lowest BCUT2D eigenvalue weighted by molar-refractivity contribution is -0.135. The first-order valence-electron chi connectivity index (χ1n) is 3.81. The lowest BCUT2D eigenvalue weighted by Gasteiger charge is -2.31. The number of nitrogens with zero attached hydrogens (tertiary/aromatic N) is 1. The first kappa shape index (κ1) is 8.49. The quantitative estimate of drug-likeness (QED) is 0.543. The zero-order chi connectivity index (χ0) is 8.27. The van der Waals surface area contributed by atoms with Crippen molar-refractivity contribution in [2.45, 2.75) is 13.0 Å². The van der Waals surface area contributed by atoms with Crippen LogP contribution in [0.4, 0.5) is 0 Å². The summed E-state index contributed by atoms with van der Waals surface area (Å²) in [6.45, 7) is 4.02. The van der Waals surface area contributed by atoms with Crippen LogP contribution in [0.25, 0.3) is 0 Å². The van der Waals surface area contributed by atoms with Crippen LogP contribution in [-0.4, -0.2) is 43.2 Å². The van der Waals surface area contributed by atoms with Crippen molar-refractivity contribution >= 4 is 5.91 Å². The molecule has 64 valence electrons. The first-order chi connectivity index (χ1) is 5.24. The molecule has 0 spiro atoms. The first-order valence-corrected chi connectivity index (χ1v) is 3.81. The monoisotopic (exact) mass is 158 g/mol. The number of rotatable bonds is 1. The molecule has 0 aromatic heterocycles. The molecule has 1 rings (SSSR count). The second-order valence-electron chi connectivity index (χ2n) is 2.69. The highest BCUT2D eigenvalue weighted by atomic mass is 16.5. The molecule has 0 aromatic carbocycles. The van der Waals surface area contributed by atoms with Gasteiger partial charge in [0, 0.05) is 26.6 Å². The van der Waals surface area contributed by atoms with Gasteiger partial charge >= 0.3 is 0 Å². The van der Waals surface area contributed by atoms with Gasteiger partial charge in [-0.25, -0.2) is 0 Å². The molecule has 1 aliphatic heterocycles. The number of hydrogen-bond donors (Lipinski definition) is 1. The molecule has 1 heterocycles. The molecular weight excluding hydrogens is 144 g/mol. The Morgan fingerprint density at radius 1 is 1.82 bits per heavy atom. The topological polar surface area (TPSA) is 55.6 Å². The molecule has 0 aromatic rings. The summed E-state index contributed by atoms with van der Waals surface area (Å²) in [5, 5.41) is 0. The molecule has 1 fully saturated rings. The van der Waals surface area contributed by atoms with E-state index in [2.05, 4.69) is 0 Å². The van der Waals surface area contributed by atoms with E-state index in [-0.39, 0.29) is 12.0 Å².